The topological polar surface area (TPSA) is 102 Å². The maximum atomic E-state index is 10.9. The first-order chi connectivity index (χ1) is 14.0. The minimum Gasteiger partial charge on any atom is -0.497 e. The van der Waals surface area contributed by atoms with Crippen molar-refractivity contribution in [3.05, 3.63) is 58.5 Å². The summed E-state index contributed by atoms with van der Waals surface area (Å²) in [4.78, 5) is 23.9. The summed E-state index contributed by atoms with van der Waals surface area (Å²) < 4.78 is 6.56. The number of piperazine rings is 1. The molecule has 29 heavy (non-hydrogen) atoms. The van der Waals surface area contributed by atoms with Crippen LogP contribution in [0.15, 0.2) is 42.7 Å². The molecular weight excluding hydrogens is 374 g/mol. The van der Waals surface area contributed by atoms with Gasteiger partial charge in [0.05, 0.1) is 12.0 Å². The van der Waals surface area contributed by atoms with Crippen LogP contribution in [-0.2, 0) is 0 Å². The Morgan fingerprint density at radius 1 is 1.07 bits per heavy atom. The van der Waals surface area contributed by atoms with Crippen molar-refractivity contribution in [3.8, 4) is 11.7 Å². The lowest BCUT2D eigenvalue weighted by molar-refractivity contribution is -0.384. The van der Waals surface area contributed by atoms with Crippen LogP contribution in [0, 0.1) is 17.0 Å². The van der Waals surface area contributed by atoms with E-state index in [1.165, 1.54) is 17.1 Å². The van der Waals surface area contributed by atoms with Gasteiger partial charge in [-0.15, -0.1) is 0 Å². The van der Waals surface area contributed by atoms with Crippen molar-refractivity contribution in [2.24, 2.45) is 0 Å². The third-order valence-corrected chi connectivity index (χ3v) is 4.85. The summed E-state index contributed by atoms with van der Waals surface area (Å²) in [6.07, 6.45) is 2.51. The van der Waals surface area contributed by atoms with Crippen molar-refractivity contribution in [2.45, 2.75) is 6.92 Å². The maximum absolute atomic E-state index is 10.9. The molecule has 1 fully saturated rings. The van der Waals surface area contributed by atoms with E-state index in [-0.39, 0.29) is 5.69 Å². The fourth-order valence-electron chi connectivity index (χ4n) is 3.30. The van der Waals surface area contributed by atoms with Gasteiger partial charge in [0.2, 0.25) is 0 Å². The number of rotatable bonds is 5. The van der Waals surface area contributed by atoms with Crippen molar-refractivity contribution in [3.63, 3.8) is 0 Å². The number of methoxy groups -OCH3 is 1. The average molecular weight is 395 g/mol. The van der Waals surface area contributed by atoms with Crippen LogP contribution in [0.3, 0.4) is 0 Å². The Morgan fingerprint density at radius 3 is 2.38 bits per heavy atom. The van der Waals surface area contributed by atoms with Crippen LogP contribution in [0.1, 0.15) is 5.69 Å². The molecule has 0 atom stereocenters. The molecule has 1 aliphatic rings. The normalized spacial score (nSPS) is 14.1. The smallest absolute Gasteiger partial charge is 0.307 e. The summed E-state index contributed by atoms with van der Waals surface area (Å²) in [7, 11) is 1.66. The number of benzene rings is 1. The van der Waals surface area contributed by atoms with E-state index in [1.807, 2.05) is 25.1 Å². The summed E-state index contributed by atoms with van der Waals surface area (Å²) in [5.41, 5.74) is 1.85. The highest BCUT2D eigenvalue weighted by molar-refractivity contribution is 5.51. The van der Waals surface area contributed by atoms with Crippen molar-refractivity contribution in [2.75, 3.05) is 43.1 Å². The number of nitrogens with zero attached hydrogens (tertiary/aromatic N) is 7. The first-order valence-corrected chi connectivity index (χ1v) is 9.22. The molecule has 10 nitrogen and oxygen atoms in total. The maximum Gasteiger partial charge on any atom is 0.307 e. The molecule has 0 amide bonds. The third kappa shape index (κ3) is 3.96. The summed E-state index contributed by atoms with van der Waals surface area (Å²) >= 11 is 0. The molecule has 1 aromatic carbocycles. The first-order valence-electron chi connectivity index (χ1n) is 9.22. The van der Waals surface area contributed by atoms with E-state index in [4.69, 9.17) is 4.74 Å². The highest BCUT2D eigenvalue weighted by Gasteiger charge is 2.20. The molecule has 0 spiro atoms. The lowest BCUT2D eigenvalue weighted by atomic mass is 10.2. The molecule has 3 aromatic rings. The fourth-order valence-corrected chi connectivity index (χ4v) is 3.30. The van der Waals surface area contributed by atoms with E-state index in [0.717, 1.165) is 49.1 Å². The third-order valence-electron chi connectivity index (χ3n) is 4.85. The van der Waals surface area contributed by atoms with Gasteiger partial charge in [0.1, 0.15) is 24.0 Å². The van der Waals surface area contributed by atoms with Gasteiger partial charge >= 0.3 is 5.69 Å². The zero-order valence-electron chi connectivity index (χ0n) is 16.2. The molecule has 3 heterocycles. The van der Waals surface area contributed by atoms with E-state index < -0.39 is 4.92 Å². The van der Waals surface area contributed by atoms with Crippen LogP contribution in [-0.4, -0.2) is 58.0 Å². The van der Waals surface area contributed by atoms with Crippen molar-refractivity contribution < 1.29 is 9.66 Å². The Hall–Kier alpha value is -3.69. The van der Waals surface area contributed by atoms with Gasteiger partial charge in [-0.1, -0.05) is 0 Å². The Labute approximate surface area is 167 Å². The Balaban J connectivity index is 1.49. The molecule has 0 bridgehead atoms. The van der Waals surface area contributed by atoms with Crippen LogP contribution in [0.5, 0.6) is 5.75 Å². The summed E-state index contributed by atoms with van der Waals surface area (Å²) in [6.45, 7) is 5.21. The van der Waals surface area contributed by atoms with Crippen LogP contribution in [0.2, 0.25) is 0 Å². The minimum atomic E-state index is -0.488. The van der Waals surface area contributed by atoms with Gasteiger partial charge in [-0.05, 0) is 31.2 Å². The first kappa shape index (κ1) is 18.7. The standard InChI is InChI=1S/C19H21N7O3/c1-14-11-18(22-19(21-14)25-13-16(12-20-25)26(27)28)24-9-7-23(8-10-24)15-3-5-17(29-2)6-4-15/h3-6,11-13H,7-10H2,1-2H3. The van der Waals surface area contributed by atoms with Crippen molar-refractivity contribution >= 4 is 17.2 Å². The molecule has 10 heteroatoms. The number of ether oxygens (including phenoxy) is 1. The van der Waals surface area contributed by atoms with E-state index in [0.29, 0.717) is 5.95 Å². The number of anilines is 2. The zero-order valence-corrected chi connectivity index (χ0v) is 16.2. The van der Waals surface area contributed by atoms with Crippen molar-refractivity contribution in [1.82, 2.24) is 19.7 Å². The summed E-state index contributed by atoms with van der Waals surface area (Å²) in [5.74, 6) is 1.96. The Morgan fingerprint density at radius 2 is 1.76 bits per heavy atom. The number of aromatic nitrogens is 4. The van der Waals surface area contributed by atoms with Gasteiger partial charge in [0.25, 0.3) is 5.95 Å². The van der Waals surface area contributed by atoms with Crippen LogP contribution < -0.4 is 14.5 Å². The fraction of sp³-hybridized carbons (Fsp3) is 0.316. The lowest BCUT2D eigenvalue weighted by Gasteiger charge is -2.36. The minimum absolute atomic E-state index is 0.0928. The molecule has 0 unspecified atom stereocenters. The highest BCUT2D eigenvalue weighted by Crippen LogP contribution is 2.23. The molecule has 0 aliphatic carbocycles. The van der Waals surface area contributed by atoms with Gasteiger partial charge in [-0.25, -0.2) is 4.98 Å². The Bertz CT molecular complexity index is 1010. The second-order valence-electron chi connectivity index (χ2n) is 6.74. The summed E-state index contributed by atoms with van der Waals surface area (Å²) in [5, 5.41) is 14.9. The molecule has 0 saturated carbocycles. The van der Waals surface area contributed by atoms with Gasteiger partial charge in [-0.2, -0.15) is 14.8 Å². The molecule has 0 N–H and O–H groups in total. The molecular formula is C19H21N7O3. The predicted molar refractivity (Wildman–Crippen MR) is 108 cm³/mol. The highest BCUT2D eigenvalue weighted by atomic mass is 16.6. The van der Waals surface area contributed by atoms with Gasteiger partial charge < -0.3 is 14.5 Å². The molecule has 1 saturated heterocycles. The van der Waals surface area contributed by atoms with Gasteiger partial charge in [0.15, 0.2) is 0 Å². The predicted octanol–water partition coefficient (Wildman–Crippen LogP) is 2.21. The largest absolute Gasteiger partial charge is 0.497 e. The van der Waals surface area contributed by atoms with Crippen LogP contribution >= 0.6 is 0 Å². The van der Waals surface area contributed by atoms with E-state index >= 15 is 0 Å². The van der Waals surface area contributed by atoms with Gasteiger partial charge in [0, 0.05) is 43.6 Å². The van der Waals surface area contributed by atoms with E-state index in [1.54, 1.807) is 7.11 Å². The number of nitro groups is 1. The SMILES string of the molecule is COc1ccc(N2CCN(c3cc(C)nc(-n4cc([N+](=O)[O-])cn4)n3)CC2)cc1. The van der Waals surface area contributed by atoms with Gasteiger partial charge in [-0.3, -0.25) is 10.1 Å². The van der Waals surface area contributed by atoms with E-state index in [2.05, 4.69) is 37.0 Å². The number of hydrogen-bond acceptors (Lipinski definition) is 8. The molecule has 4 rings (SSSR count). The zero-order chi connectivity index (χ0) is 20.4. The molecule has 0 radical (unpaired) electrons. The van der Waals surface area contributed by atoms with Crippen LogP contribution in [0.4, 0.5) is 17.2 Å². The summed E-state index contributed by atoms with van der Waals surface area (Å²) in [6, 6.07) is 9.97. The van der Waals surface area contributed by atoms with Crippen LogP contribution in [0.25, 0.3) is 5.95 Å². The lowest BCUT2D eigenvalue weighted by Crippen LogP contribution is -2.47. The van der Waals surface area contributed by atoms with E-state index in [9.17, 15) is 10.1 Å². The number of aryl methyl sites for hydroxylation is 1. The molecule has 1 aliphatic heterocycles. The quantitative estimate of drug-likeness (QED) is 0.479. The monoisotopic (exact) mass is 395 g/mol. The molecule has 2 aromatic heterocycles. The second kappa shape index (κ2) is 7.74. The van der Waals surface area contributed by atoms with Crippen molar-refractivity contribution in [1.29, 1.82) is 0 Å². The number of hydrogen-bond donors (Lipinski definition) is 0. The average Bonchev–Trinajstić information content (AvgIpc) is 3.24. The second-order valence-corrected chi connectivity index (χ2v) is 6.74. The molecule has 150 valence electrons. The Kier molecular flexibility index (Phi) is 4.98.